The Balaban J connectivity index is 1.37. The van der Waals surface area contributed by atoms with Gasteiger partial charge in [0.05, 0.1) is 13.2 Å². The number of rotatable bonds is 6. The molecule has 2 aliphatic rings. The summed E-state index contributed by atoms with van der Waals surface area (Å²) in [5.74, 6) is 1.17. The molecule has 1 aliphatic carbocycles. The van der Waals surface area contributed by atoms with Crippen molar-refractivity contribution < 1.29 is 9.53 Å². The standard InChI is InChI=1S/C14H22N6O2/c21-14(16-11-1-2-11)17-13-4-3-12(18-19-13)15-5-6-20-7-9-22-10-8-20/h3-4,11H,1-2,5-10H2,(H,15,18)(H2,16,17,19,21). The van der Waals surface area contributed by atoms with Crippen LogP contribution in [0.3, 0.4) is 0 Å². The minimum Gasteiger partial charge on any atom is -0.379 e. The van der Waals surface area contributed by atoms with Crippen LogP contribution in [0.4, 0.5) is 16.4 Å². The Morgan fingerprint density at radius 1 is 1.23 bits per heavy atom. The van der Waals surface area contributed by atoms with Crippen molar-refractivity contribution >= 4 is 17.7 Å². The number of anilines is 2. The van der Waals surface area contributed by atoms with Crippen LogP contribution < -0.4 is 16.0 Å². The van der Waals surface area contributed by atoms with Crippen LogP contribution in [0.15, 0.2) is 12.1 Å². The molecule has 8 heteroatoms. The highest BCUT2D eigenvalue weighted by Crippen LogP contribution is 2.18. The minimum atomic E-state index is -0.218. The largest absolute Gasteiger partial charge is 0.379 e. The number of hydrogen-bond acceptors (Lipinski definition) is 6. The predicted octanol–water partition coefficient (Wildman–Crippen LogP) is 0.505. The molecule has 1 aromatic rings. The van der Waals surface area contributed by atoms with Crippen molar-refractivity contribution in [2.24, 2.45) is 0 Å². The van der Waals surface area contributed by atoms with Crippen LogP contribution in [-0.4, -0.2) is 66.6 Å². The van der Waals surface area contributed by atoms with E-state index in [1.807, 2.05) is 6.07 Å². The lowest BCUT2D eigenvalue weighted by molar-refractivity contribution is 0.0398. The van der Waals surface area contributed by atoms with Gasteiger partial charge in [0.1, 0.15) is 5.82 Å². The molecule has 1 aliphatic heterocycles. The average molecular weight is 306 g/mol. The van der Waals surface area contributed by atoms with Gasteiger partial charge in [-0.3, -0.25) is 10.2 Å². The van der Waals surface area contributed by atoms with Gasteiger partial charge >= 0.3 is 6.03 Å². The highest BCUT2D eigenvalue weighted by Gasteiger charge is 2.23. The summed E-state index contributed by atoms with van der Waals surface area (Å²) in [7, 11) is 0. The van der Waals surface area contributed by atoms with E-state index in [0.717, 1.165) is 52.2 Å². The van der Waals surface area contributed by atoms with Gasteiger partial charge in [-0.2, -0.15) is 0 Å². The van der Waals surface area contributed by atoms with Crippen molar-refractivity contribution in [3.8, 4) is 0 Å². The Labute approximate surface area is 129 Å². The molecule has 0 aromatic carbocycles. The number of morpholine rings is 1. The van der Waals surface area contributed by atoms with E-state index < -0.39 is 0 Å². The maximum Gasteiger partial charge on any atom is 0.320 e. The Hall–Kier alpha value is -1.93. The molecule has 2 heterocycles. The predicted molar refractivity (Wildman–Crippen MR) is 83.0 cm³/mol. The first-order valence-corrected chi connectivity index (χ1v) is 7.75. The van der Waals surface area contributed by atoms with Gasteiger partial charge in [0.2, 0.25) is 0 Å². The van der Waals surface area contributed by atoms with Gasteiger partial charge in [0, 0.05) is 32.2 Å². The first-order chi connectivity index (χ1) is 10.8. The summed E-state index contributed by atoms with van der Waals surface area (Å²) in [6.45, 7) is 5.34. The Morgan fingerprint density at radius 3 is 2.64 bits per heavy atom. The van der Waals surface area contributed by atoms with E-state index in [1.54, 1.807) is 6.07 Å². The van der Waals surface area contributed by atoms with Gasteiger partial charge in [-0.1, -0.05) is 0 Å². The lowest BCUT2D eigenvalue weighted by Gasteiger charge is -2.26. The van der Waals surface area contributed by atoms with Crippen LogP contribution in [-0.2, 0) is 4.74 Å². The van der Waals surface area contributed by atoms with Crippen LogP contribution in [0.25, 0.3) is 0 Å². The SMILES string of the molecule is O=C(Nc1ccc(NCCN2CCOCC2)nn1)NC1CC1. The smallest absolute Gasteiger partial charge is 0.320 e. The normalized spacial score (nSPS) is 18.7. The molecular weight excluding hydrogens is 284 g/mol. The zero-order chi connectivity index (χ0) is 15.2. The van der Waals surface area contributed by atoms with Gasteiger partial charge in [-0.15, -0.1) is 10.2 Å². The van der Waals surface area contributed by atoms with Crippen LogP contribution in [0.1, 0.15) is 12.8 Å². The molecule has 0 spiro atoms. The third-order valence-electron chi connectivity index (χ3n) is 3.66. The quantitative estimate of drug-likeness (QED) is 0.709. The fraction of sp³-hybridized carbons (Fsp3) is 0.643. The zero-order valence-corrected chi connectivity index (χ0v) is 12.5. The summed E-state index contributed by atoms with van der Waals surface area (Å²) in [5, 5.41) is 16.8. The molecule has 2 fully saturated rings. The summed E-state index contributed by atoms with van der Waals surface area (Å²) in [6.07, 6.45) is 2.12. The first-order valence-electron chi connectivity index (χ1n) is 7.75. The maximum atomic E-state index is 11.6. The van der Waals surface area contributed by atoms with E-state index in [4.69, 9.17) is 4.74 Å². The van der Waals surface area contributed by atoms with Gasteiger partial charge in [0.15, 0.2) is 5.82 Å². The van der Waals surface area contributed by atoms with E-state index in [0.29, 0.717) is 17.7 Å². The molecule has 1 saturated carbocycles. The fourth-order valence-corrected chi connectivity index (χ4v) is 2.23. The third-order valence-corrected chi connectivity index (χ3v) is 3.66. The zero-order valence-electron chi connectivity index (χ0n) is 12.5. The van der Waals surface area contributed by atoms with Crippen molar-refractivity contribution in [2.75, 3.05) is 50.0 Å². The molecule has 1 aromatic heterocycles. The molecule has 0 radical (unpaired) electrons. The second kappa shape index (κ2) is 7.37. The average Bonchev–Trinajstić information content (AvgIpc) is 3.34. The second-order valence-electron chi connectivity index (χ2n) is 5.56. The summed E-state index contributed by atoms with van der Waals surface area (Å²) in [6, 6.07) is 3.68. The lowest BCUT2D eigenvalue weighted by atomic mass is 10.4. The van der Waals surface area contributed by atoms with E-state index >= 15 is 0 Å². The highest BCUT2D eigenvalue weighted by atomic mass is 16.5. The Kier molecular flexibility index (Phi) is 5.02. The van der Waals surface area contributed by atoms with Crippen molar-refractivity contribution in [2.45, 2.75) is 18.9 Å². The number of carbonyl (C=O) groups excluding carboxylic acids is 1. The summed E-state index contributed by atoms with van der Waals surface area (Å²) in [5.41, 5.74) is 0. The number of carbonyl (C=O) groups is 1. The van der Waals surface area contributed by atoms with Crippen molar-refractivity contribution in [3.63, 3.8) is 0 Å². The van der Waals surface area contributed by atoms with Crippen LogP contribution >= 0.6 is 0 Å². The Bertz CT molecular complexity index is 485. The monoisotopic (exact) mass is 306 g/mol. The van der Waals surface area contributed by atoms with Crippen molar-refractivity contribution in [1.82, 2.24) is 20.4 Å². The third kappa shape index (κ3) is 4.81. The molecule has 3 N–H and O–H groups in total. The first kappa shape index (κ1) is 15.0. The molecular formula is C14H22N6O2. The van der Waals surface area contributed by atoms with Crippen LogP contribution in [0, 0.1) is 0 Å². The number of aromatic nitrogens is 2. The lowest BCUT2D eigenvalue weighted by Crippen LogP contribution is -2.39. The number of amides is 2. The van der Waals surface area contributed by atoms with Crippen molar-refractivity contribution in [3.05, 3.63) is 12.1 Å². The van der Waals surface area contributed by atoms with Crippen LogP contribution in [0.2, 0.25) is 0 Å². The molecule has 0 atom stereocenters. The number of hydrogen-bond donors (Lipinski definition) is 3. The topological polar surface area (TPSA) is 91.4 Å². The number of ether oxygens (including phenoxy) is 1. The number of nitrogens with zero attached hydrogens (tertiary/aromatic N) is 3. The molecule has 0 bridgehead atoms. The fourth-order valence-electron chi connectivity index (χ4n) is 2.23. The summed E-state index contributed by atoms with van der Waals surface area (Å²) >= 11 is 0. The molecule has 3 rings (SSSR count). The molecule has 2 amide bonds. The molecule has 8 nitrogen and oxygen atoms in total. The number of nitrogens with one attached hydrogen (secondary N) is 3. The van der Waals surface area contributed by atoms with E-state index in [1.165, 1.54) is 0 Å². The van der Waals surface area contributed by atoms with Gasteiger partial charge in [-0.05, 0) is 25.0 Å². The Morgan fingerprint density at radius 2 is 1.95 bits per heavy atom. The highest BCUT2D eigenvalue weighted by molar-refractivity contribution is 5.88. The molecule has 1 saturated heterocycles. The summed E-state index contributed by atoms with van der Waals surface area (Å²) in [4.78, 5) is 13.9. The van der Waals surface area contributed by atoms with Gasteiger partial charge in [-0.25, -0.2) is 4.79 Å². The minimum absolute atomic E-state index is 0.218. The molecule has 22 heavy (non-hydrogen) atoms. The maximum absolute atomic E-state index is 11.6. The van der Waals surface area contributed by atoms with E-state index in [-0.39, 0.29) is 6.03 Å². The van der Waals surface area contributed by atoms with E-state index in [2.05, 4.69) is 31.0 Å². The van der Waals surface area contributed by atoms with Gasteiger partial charge < -0.3 is 15.4 Å². The summed E-state index contributed by atoms with van der Waals surface area (Å²) < 4.78 is 5.31. The molecule has 120 valence electrons. The molecule has 0 unspecified atom stereocenters. The van der Waals surface area contributed by atoms with Crippen LogP contribution in [0.5, 0.6) is 0 Å². The van der Waals surface area contributed by atoms with Gasteiger partial charge in [0.25, 0.3) is 0 Å². The van der Waals surface area contributed by atoms with E-state index in [9.17, 15) is 4.79 Å². The number of urea groups is 1. The van der Waals surface area contributed by atoms with Crippen molar-refractivity contribution in [1.29, 1.82) is 0 Å². The second-order valence-corrected chi connectivity index (χ2v) is 5.56.